The molecule has 1 saturated carbocycles. The number of hydrogen-bond acceptors (Lipinski definition) is 3. The number of carbonyl (C=O) groups is 2. The van der Waals surface area contributed by atoms with Crippen LogP contribution < -0.4 is 5.32 Å². The number of benzene rings is 1. The molecule has 27 heavy (non-hydrogen) atoms. The van der Waals surface area contributed by atoms with Gasteiger partial charge < -0.3 is 10.2 Å². The van der Waals surface area contributed by atoms with E-state index in [0.29, 0.717) is 6.54 Å². The van der Waals surface area contributed by atoms with Crippen LogP contribution in [-0.2, 0) is 9.59 Å². The van der Waals surface area contributed by atoms with Crippen LogP contribution in [0.4, 0.5) is 4.39 Å². The van der Waals surface area contributed by atoms with Gasteiger partial charge in [0.2, 0.25) is 11.8 Å². The van der Waals surface area contributed by atoms with Crippen LogP contribution in [0.15, 0.2) is 41.8 Å². The SMILES string of the molecule is O=C(NC(c1ccc(F)cc1)c1cccs1)C1CCCN(C(=O)C2CC2)C1. The molecule has 4 nitrogen and oxygen atoms in total. The fourth-order valence-corrected chi connectivity index (χ4v) is 4.47. The third kappa shape index (κ3) is 4.21. The monoisotopic (exact) mass is 386 g/mol. The number of nitrogens with one attached hydrogen (secondary N) is 1. The molecule has 0 radical (unpaired) electrons. The van der Waals surface area contributed by atoms with E-state index in [9.17, 15) is 14.0 Å². The molecule has 2 amide bonds. The van der Waals surface area contributed by atoms with Crippen molar-refractivity contribution < 1.29 is 14.0 Å². The van der Waals surface area contributed by atoms with E-state index in [0.717, 1.165) is 42.7 Å². The van der Waals surface area contributed by atoms with E-state index in [4.69, 9.17) is 0 Å². The van der Waals surface area contributed by atoms with Crippen molar-refractivity contribution in [3.8, 4) is 0 Å². The summed E-state index contributed by atoms with van der Waals surface area (Å²) in [6.45, 7) is 1.26. The summed E-state index contributed by atoms with van der Waals surface area (Å²) in [4.78, 5) is 28.2. The predicted octanol–water partition coefficient (Wildman–Crippen LogP) is 3.74. The lowest BCUT2D eigenvalue weighted by Crippen LogP contribution is -2.46. The number of thiophene rings is 1. The zero-order valence-corrected chi connectivity index (χ0v) is 15.9. The van der Waals surface area contributed by atoms with E-state index in [1.807, 2.05) is 22.4 Å². The fraction of sp³-hybridized carbons (Fsp3) is 0.429. The Morgan fingerprint density at radius 2 is 1.89 bits per heavy atom. The Hall–Kier alpha value is -2.21. The Morgan fingerprint density at radius 3 is 2.56 bits per heavy atom. The average Bonchev–Trinajstić information content (AvgIpc) is 3.41. The van der Waals surface area contributed by atoms with Crippen LogP contribution in [0.3, 0.4) is 0 Å². The second kappa shape index (κ2) is 7.80. The average molecular weight is 386 g/mol. The highest BCUT2D eigenvalue weighted by atomic mass is 32.1. The highest BCUT2D eigenvalue weighted by Crippen LogP contribution is 2.33. The molecule has 2 aromatic rings. The molecule has 142 valence electrons. The minimum Gasteiger partial charge on any atom is -0.344 e. The molecule has 0 spiro atoms. The van der Waals surface area contributed by atoms with E-state index < -0.39 is 0 Å². The van der Waals surface area contributed by atoms with E-state index in [1.165, 1.54) is 12.1 Å². The summed E-state index contributed by atoms with van der Waals surface area (Å²) < 4.78 is 13.3. The van der Waals surface area contributed by atoms with Crippen molar-refractivity contribution in [2.75, 3.05) is 13.1 Å². The van der Waals surface area contributed by atoms with Crippen molar-refractivity contribution in [1.82, 2.24) is 10.2 Å². The molecule has 0 bridgehead atoms. The summed E-state index contributed by atoms with van der Waals surface area (Å²) in [5.41, 5.74) is 0.855. The lowest BCUT2D eigenvalue weighted by atomic mass is 9.95. The van der Waals surface area contributed by atoms with Crippen LogP contribution in [-0.4, -0.2) is 29.8 Å². The molecule has 1 N–H and O–H groups in total. The lowest BCUT2D eigenvalue weighted by molar-refractivity contribution is -0.136. The van der Waals surface area contributed by atoms with E-state index in [2.05, 4.69) is 5.32 Å². The van der Waals surface area contributed by atoms with Gasteiger partial charge in [0, 0.05) is 23.9 Å². The Bertz CT molecular complexity index is 802. The minimum absolute atomic E-state index is 0.0361. The normalized spacial score (nSPS) is 20.9. The molecule has 2 fully saturated rings. The maximum atomic E-state index is 13.3. The molecule has 1 aliphatic carbocycles. The number of nitrogens with zero attached hydrogens (tertiary/aromatic N) is 1. The summed E-state index contributed by atoms with van der Waals surface area (Å²) in [5, 5.41) is 5.11. The molecule has 6 heteroatoms. The fourth-order valence-electron chi connectivity index (χ4n) is 3.67. The zero-order valence-electron chi connectivity index (χ0n) is 15.1. The van der Waals surface area contributed by atoms with Crippen molar-refractivity contribution in [3.05, 3.63) is 58.0 Å². The lowest BCUT2D eigenvalue weighted by Gasteiger charge is -2.33. The standard InChI is InChI=1S/C21H23FN2O2S/c22-17-9-7-14(8-10-17)19(18-4-2-12-27-18)23-20(25)16-3-1-11-24(13-16)21(26)15-5-6-15/h2,4,7-10,12,15-16,19H,1,3,5-6,11,13H2,(H,23,25). The maximum Gasteiger partial charge on any atom is 0.225 e. The smallest absolute Gasteiger partial charge is 0.225 e. The van der Waals surface area contributed by atoms with Crippen molar-refractivity contribution >= 4 is 23.2 Å². The van der Waals surface area contributed by atoms with Crippen LogP contribution in [0.1, 0.15) is 42.2 Å². The minimum atomic E-state index is -0.299. The first-order valence-corrected chi connectivity index (χ1v) is 10.4. The summed E-state index contributed by atoms with van der Waals surface area (Å²) >= 11 is 1.56. The van der Waals surface area contributed by atoms with Gasteiger partial charge in [0.05, 0.1) is 12.0 Å². The molecule has 1 saturated heterocycles. The van der Waals surface area contributed by atoms with Crippen molar-refractivity contribution in [2.45, 2.75) is 31.7 Å². The van der Waals surface area contributed by atoms with Gasteiger partial charge >= 0.3 is 0 Å². The van der Waals surface area contributed by atoms with Gasteiger partial charge in [0.15, 0.2) is 0 Å². The number of likely N-dealkylation sites (tertiary alicyclic amines) is 1. The van der Waals surface area contributed by atoms with E-state index in [1.54, 1.807) is 23.5 Å². The number of hydrogen-bond donors (Lipinski definition) is 1. The Kier molecular flexibility index (Phi) is 5.25. The molecular formula is C21H23FN2O2S. The topological polar surface area (TPSA) is 49.4 Å². The Balaban J connectivity index is 1.48. The van der Waals surface area contributed by atoms with Gasteiger partial charge in [0.25, 0.3) is 0 Å². The number of amides is 2. The number of carbonyl (C=O) groups excluding carboxylic acids is 2. The molecule has 1 aromatic heterocycles. The first-order chi connectivity index (χ1) is 13.1. The zero-order chi connectivity index (χ0) is 18.8. The first kappa shape index (κ1) is 18.2. The Morgan fingerprint density at radius 1 is 1.11 bits per heavy atom. The predicted molar refractivity (Wildman–Crippen MR) is 103 cm³/mol. The van der Waals surface area contributed by atoms with Gasteiger partial charge in [0.1, 0.15) is 5.82 Å². The highest BCUT2D eigenvalue weighted by Gasteiger charge is 2.37. The molecule has 2 unspecified atom stereocenters. The molecular weight excluding hydrogens is 363 g/mol. The van der Waals surface area contributed by atoms with Gasteiger partial charge in [-0.1, -0.05) is 18.2 Å². The molecule has 2 atom stereocenters. The first-order valence-electron chi connectivity index (χ1n) is 9.50. The number of piperidine rings is 1. The summed E-state index contributed by atoms with van der Waals surface area (Å²) in [6.07, 6.45) is 3.62. The summed E-state index contributed by atoms with van der Waals surface area (Å²) in [5.74, 6) is -0.127. The second-order valence-electron chi connectivity index (χ2n) is 7.41. The quantitative estimate of drug-likeness (QED) is 0.851. The van der Waals surface area contributed by atoms with Crippen LogP contribution in [0.25, 0.3) is 0 Å². The van der Waals surface area contributed by atoms with Gasteiger partial charge in [-0.25, -0.2) is 4.39 Å². The van der Waals surface area contributed by atoms with Crippen LogP contribution in [0.5, 0.6) is 0 Å². The van der Waals surface area contributed by atoms with E-state index in [-0.39, 0.29) is 35.5 Å². The largest absolute Gasteiger partial charge is 0.344 e. The van der Waals surface area contributed by atoms with Crippen LogP contribution in [0, 0.1) is 17.7 Å². The van der Waals surface area contributed by atoms with Crippen LogP contribution >= 0.6 is 11.3 Å². The van der Waals surface area contributed by atoms with Crippen molar-refractivity contribution in [1.29, 1.82) is 0 Å². The van der Waals surface area contributed by atoms with Crippen LogP contribution in [0.2, 0.25) is 0 Å². The summed E-state index contributed by atoms with van der Waals surface area (Å²) in [7, 11) is 0. The van der Waals surface area contributed by atoms with Crippen molar-refractivity contribution in [3.63, 3.8) is 0 Å². The van der Waals surface area contributed by atoms with Gasteiger partial charge in [-0.15, -0.1) is 11.3 Å². The molecule has 2 heterocycles. The number of rotatable bonds is 5. The maximum absolute atomic E-state index is 13.3. The Labute approximate surface area is 162 Å². The molecule has 2 aliphatic rings. The third-order valence-electron chi connectivity index (χ3n) is 5.35. The molecule has 1 aromatic carbocycles. The molecule has 4 rings (SSSR count). The van der Waals surface area contributed by atoms with Gasteiger partial charge in [-0.3, -0.25) is 9.59 Å². The number of halogens is 1. The summed E-state index contributed by atoms with van der Waals surface area (Å²) in [6, 6.07) is 9.88. The van der Waals surface area contributed by atoms with Gasteiger partial charge in [-0.2, -0.15) is 0 Å². The van der Waals surface area contributed by atoms with Gasteiger partial charge in [-0.05, 0) is 54.8 Å². The highest BCUT2D eigenvalue weighted by molar-refractivity contribution is 7.10. The second-order valence-corrected chi connectivity index (χ2v) is 8.39. The third-order valence-corrected chi connectivity index (χ3v) is 6.29. The molecule has 1 aliphatic heterocycles. The van der Waals surface area contributed by atoms with E-state index >= 15 is 0 Å². The van der Waals surface area contributed by atoms with Crippen molar-refractivity contribution in [2.24, 2.45) is 11.8 Å².